The van der Waals surface area contributed by atoms with Crippen molar-refractivity contribution in [2.24, 2.45) is 0 Å². The van der Waals surface area contributed by atoms with Gasteiger partial charge in [0.25, 0.3) is 10.0 Å². The lowest BCUT2D eigenvalue weighted by molar-refractivity contribution is 0.146. The van der Waals surface area contributed by atoms with E-state index in [9.17, 15) is 8.42 Å². The highest BCUT2D eigenvalue weighted by Gasteiger charge is 2.24. The van der Waals surface area contributed by atoms with E-state index in [2.05, 4.69) is 20.2 Å². The minimum absolute atomic E-state index is 0.155. The molecule has 0 unspecified atom stereocenters. The van der Waals surface area contributed by atoms with Crippen molar-refractivity contribution >= 4 is 10.0 Å². The van der Waals surface area contributed by atoms with Crippen molar-refractivity contribution < 1.29 is 13.2 Å². The van der Waals surface area contributed by atoms with Gasteiger partial charge in [0.15, 0.2) is 5.03 Å². The van der Waals surface area contributed by atoms with Gasteiger partial charge in [-0.05, 0) is 26.2 Å². The van der Waals surface area contributed by atoms with Crippen LogP contribution in [-0.4, -0.2) is 44.4 Å². The van der Waals surface area contributed by atoms with Gasteiger partial charge < -0.3 is 10.1 Å². The Bertz CT molecular complexity index is 511. The van der Waals surface area contributed by atoms with Gasteiger partial charge >= 0.3 is 0 Å². The number of aromatic amines is 1. The third-order valence-electron chi connectivity index (χ3n) is 3.07. The second-order valence-electron chi connectivity index (χ2n) is 4.83. The van der Waals surface area contributed by atoms with Crippen molar-refractivity contribution in [1.29, 1.82) is 0 Å². The van der Waals surface area contributed by atoms with E-state index in [1.165, 1.54) is 0 Å². The smallest absolute Gasteiger partial charge is 0.257 e. The third-order valence-corrected chi connectivity index (χ3v) is 4.54. The summed E-state index contributed by atoms with van der Waals surface area (Å²) in [5.74, 6) is 0. The molecule has 3 N–H and O–H groups in total. The van der Waals surface area contributed by atoms with Gasteiger partial charge in [-0.3, -0.25) is 5.10 Å². The van der Waals surface area contributed by atoms with Crippen LogP contribution >= 0.6 is 0 Å². The molecule has 0 aromatic carbocycles. The van der Waals surface area contributed by atoms with Crippen molar-refractivity contribution in [3.63, 3.8) is 0 Å². The molecule has 7 nitrogen and oxygen atoms in total. The summed E-state index contributed by atoms with van der Waals surface area (Å²) in [6.45, 7) is 3.99. The van der Waals surface area contributed by atoms with Gasteiger partial charge in [-0.15, -0.1) is 0 Å². The van der Waals surface area contributed by atoms with E-state index in [1.807, 2.05) is 6.92 Å². The van der Waals surface area contributed by atoms with Crippen LogP contribution in [0.15, 0.2) is 11.2 Å². The first-order valence-corrected chi connectivity index (χ1v) is 8.45. The molecule has 8 heteroatoms. The van der Waals surface area contributed by atoms with Crippen LogP contribution in [-0.2, 0) is 21.3 Å². The van der Waals surface area contributed by atoms with Gasteiger partial charge in [0.2, 0.25) is 0 Å². The summed E-state index contributed by atoms with van der Waals surface area (Å²) >= 11 is 0. The predicted octanol–water partition coefficient (Wildman–Crippen LogP) is 0.367. The lowest BCUT2D eigenvalue weighted by Gasteiger charge is -2.07. The molecule has 1 saturated carbocycles. The lowest BCUT2D eigenvalue weighted by Crippen LogP contribution is -2.27. The lowest BCUT2D eigenvalue weighted by atomic mass is 10.3. The number of hydrogen-bond acceptors (Lipinski definition) is 5. The number of nitrogens with zero attached hydrogens (tertiary/aromatic N) is 1. The van der Waals surface area contributed by atoms with Crippen LogP contribution in [0.2, 0.25) is 0 Å². The first kappa shape index (κ1) is 15.4. The molecule has 1 fully saturated rings. The maximum absolute atomic E-state index is 12.2. The summed E-state index contributed by atoms with van der Waals surface area (Å²) in [5, 5.41) is 9.84. The molecule has 1 aliphatic carbocycles. The topological polar surface area (TPSA) is 96.1 Å². The van der Waals surface area contributed by atoms with E-state index in [1.54, 1.807) is 6.20 Å². The Morgan fingerprint density at radius 1 is 1.50 bits per heavy atom. The van der Waals surface area contributed by atoms with Crippen molar-refractivity contribution in [3.8, 4) is 0 Å². The Morgan fingerprint density at radius 3 is 3.00 bits per heavy atom. The first-order valence-electron chi connectivity index (χ1n) is 6.96. The highest BCUT2D eigenvalue weighted by atomic mass is 32.2. The summed E-state index contributed by atoms with van der Waals surface area (Å²) in [7, 11) is -3.53. The van der Waals surface area contributed by atoms with Crippen molar-refractivity contribution in [2.75, 3.05) is 19.8 Å². The fourth-order valence-electron chi connectivity index (χ4n) is 1.80. The number of sulfonamides is 1. The average Bonchev–Trinajstić information content (AvgIpc) is 3.12. The molecule has 0 bridgehead atoms. The summed E-state index contributed by atoms with van der Waals surface area (Å²) in [6, 6.07) is 0.527. The fourth-order valence-corrected chi connectivity index (χ4v) is 3.00. The van der Waals surface area contributed by atoms with Crippen molar-refractivity contribution in [2.45, 2.75) is 43.8 Å². The Labute approximate surface area is 119 Å². The molecule has 1 heterocycles. The van der Waals surface area contributed by atoms with Crippen molar-refractivity contribution in [1.82, 2.24) is 20.2 Å². The molecular weight excluding hydrogens is 280 g/mol. The van der Waals surface area contributed by atoms with Gasteiger partial charge in [-0.1, -0.05) is 0 Å². The predicted molar refractivity (Wildman–Crippen MR) is 74.7 cm³/mol. The quantitative estimate of drug-likeness (QED) is 0.543. The average molecular weight is 302 g/mol. The maximum Gasteiger partial charge on any atom is 0.257 e. The zero-order valence-corrected chi connectivity index (χ0v) is 12.5. The molecule has 0 atom stereocenters. The molecular formula is C12H22N4O3S. The zero-order chi connectivity index (χ0) is 14.4. The molecule has 20 heavy (non-hydrogen) atoms. The van der Waals surface area contributed by atoms with Gasteiger partial charge in [-0.2, -0.15) is 5.10 Å². The fraction of sp³-hybridized carbons (Fsp3) is 0.750. The van der Waals surface area contributed by atoms with E-state index in [-0.39, 0.29) is 5.03 Å². The number of ether oxygens (including phenoxy) is 1. The molecule has 1 aromatic heterocycles. The molecule has 0 radical (unpaired) electrons. The maximum atomic E-state index is 12.2. The van der Waals surface area contributed by atoms with Crippen LogP contribution in [0, 0.1) is 0 Å². The number of hydrogen-bond donors (Lipinski definition) is 3. The van der Waals surface area contributed by atoms with E-state index >= 15 is 0 Å². The number of aromatic nitrogens is 2. The molecule has 0 saturated heterocycles. The molecule has 114 valence electrons. The second-order valence-corrected chi connectivity index (χ2v) is 6.53. The second kappa shape index (κ2) is 7.16. The van der Waals surface area contributed by atoms with Crippen LogP contribution in [0.5, 0.6) is 0 Å². The van der Waals surface area contributed by atoms with Crippen LogP contribution in [0.25, 0.3) is 0 Å². The summed E-state index contributed by atoms with van der Waals surface area (Å²) < 4.78 is 32.0. The van der Waals surface area contributed by atoms with E-state index in [0.717, 1.165) is 12.8 Å². The third kappa shape index (κ3) is 4.55. The number of nitrogens with one attached hydrogen (secondary N) is 3. The minimum Gasteiger partial charge on any atom is -0.382 e. The molecule has 2 rings (SSSR count). The Hall–Kier alpha value is -0.960. The number of rotatable bonds is 10. The van der Waals surface area contributed by atoms with E-state index in [0.29, 0.717) is 44.3 Å². The molecule has 1 aromatic rings. The Balaban J connectivity index is 1.85. The molecule has 0 spiro atoms. The van der Waals surface area contributed by atoms with Gasteiger partial charge in [0.05, 0.1) is 6.20 Å². The zero-order valence-electron chi connectivity index (χ0n) is 11.7. The standard InChI is InChI=1S/C12H22N4O3S/c1-2-19-7-3-6-15-20(17,18)12-10(9-14-16-12)8-13-11-4-5-11/h9,11,13,15H,2-8H2,1H3,(H,14,16). The summed E-state index contributed by atoms with van der Waals surface area (Å²) in [4.78, 5) is 0. The largest absolute Gasteiger partial charge is 0.382 e. The van der Waals surface area contributed by atoms with E-state index < -0.39 is 10.0 Å². The molecule has 1 aliphatic rings. The summed E-state index contributed by atoms with van der Waals surface area (Å²) in [6.07, 6.45) is 4.53. The minimum atomic E-state index is -3.53. The Kier molecular flexibility index (Phi) is 5.53. The van der Waals surface area contributed by atoms with Crippen LogP contribution in [0.1, 0.15) is 31.7 Å². The molecule has 0 amide bonds. The van der Waals surface area contributed by atoms with Gasteiger partial charge in [0, 0.05) is 37.9 Å². The number of H-pyrrole nitrogens is 1. The van der Waals surface area contributed by atoms with Crippen molar-refractivity contribution in [3.05, 3.63) is 11.8 Å². The normalized spacial score (nSPS) is 15.7. The first-order chi connectivity index (χ1) is 9.63. The highest BCUT2D eigenvalue weighted by molar-refractivity contribution is 7.89. The molecule has 0 aliphatic heterocycles. The van der Waals surface area contributed by atoms with Crippen LogP contribution in [0.3, 0.4) is 0 Å². The van der Waals surface area contributed by atoms with Gasteiger partial charge in [-0.25, -0.2) is 13.1 Å². The van der Waals surface area contributed by atoms with Crippen LogP contribution < -0.4 is 10.0 Å². The van der Waals surface area contributed by atoms with Gasteiger partial charge in [0.1, 0.15) is 0 Å². The monoisotopic (exact) mass is 302 g/mol. The van der Waals surface area contributed by atoms with Crippen LogP contribution in [0.4, 0.5) is 0 Å². The summed E-state index contributed by atoms with van der Waals surface area (Å²) in [5.41, 5.74) is 0.675. The Morgan fingerprint density at radius 2 is 2.30 bits per heavy atom. The SMILES string of the molecule is CCOCCCNS(=O)(=O)c1[nH]ncc1CNC1CC1. The highest BCUT2D eigenvalue weighted by Crippen LogP contribution is 2.20. The van der Waals surface area contributed by atoms with E-state index in [4.69, 9.17) is 4.74 Å².